The summed E-state index contributed by atoms with van der Waals surface area (Å²) in [5.41, 5.74) is 2.07. The van der Waals surface area contributed by atoms with E-state index in [0.717, 1.165) is 10.1 Å². The van der Waals surface area contributed by atoms with Crippen molar-refractivity contribution in [3.63, 3.8) is 0 Å². The van der Waals surface area contributed by atoms with Gasteiger partial charge in [-0.2, -0.15) is 22.7 Å². The molecule has 148 valence electrons. The number of hydrogen-bond acceptors (Lipinski definition) is 6. The molecule has 0 radical (unpaired) electrons. The van der Waals surface area contributed by atoms with Gasteiger partial charge in [-0.15, -0.1) is 5.10 Å². The van der Waals surface area contributed by atoms with E-state index in [9.17, 15) is 18.0 Å². The molecular weight excluding hydrogens is 375 g/mol. The molecule has 0 bridgehead atoms. The molecular formula is C18H18F3N5O2. The zero-order chi connectivity index (χ0) is 20.5. The number of carbonyl (C=O) groups excluding carboxylic acids is 1. The van der Waals surface area contributed by atoms with Gasteiger partial charge in [0.15, 0.2) is 0 Å². The predicted octanol–water partition coefficient (Wildman–Crippen LogP) is 3.55. The summed E-state index contributed by atoms with van der Waals surface area (Å²) in [6, 6.07) is 8.77. The van der Waals surface area contributed by atoms with Gasteiger partial charge < -0.3 is 10.1 Å². The summed E-state index contributed by atoms with van der Waals surface area (Å²) < 4.78 is 44.4. The maximum Gasteiger partial charge on any atom is 0.453 e. The Morgan fingerprint density at radius 1 is 1.25 bits per heavy atom. The first-order chi connectivity index (χ1) is 13.2. The van der Waals surface area contributed by atoms with Crippen molar-refractivity contribution in [2.45, 2.75) is 26.4 Å². The second-order valence-corrected chi connectivity index (χ2v) is 6.38. The van der Waals surface area contributed by atoms with Gasteiger partial charge in [-0.1, -0.05) is 19.1 Å². The van der Waals surface area contributed by atoms with Crippen LogP contribution in [0.2, 0.25) is 0 Å². The maximum atomic E-state index is 12.9. The molecule has 0 spiro atoms. The minimum Gasteiger partial charge on any atom is -0.469 e. The highest BCUT2D eigenvalue weighted by molar-refractivity contribution is 5.72. The molecule has 1 aromatic carbocycles. The molecule has 1 N–H and O–H groups in total. The number of halogens is 3. The van der Waals surface area contributed by atoms with Crippen LogP contribution in [0.25, 0.3) is 5.78 Å². The van der Waals surface area contributed by atoms with E-state index in [4.69, 9.17) is 4.74 Å². The summed E-state index contributed by atoms with van der Waals surface area (Å²) in [5, 5.41) is 6.54. The van der Waals surface area contributed by atoms with Crippen molar-refractivity contribution in [2.75, 3.05) is 12.4 Å². The standard InChI is InChI=1S/C18H18F3N5O2/c1-10(15(27)28-3)8-12-4-6-13(7-5-12)23-14-9-11(2)22-17-24-16(18(19,20)21)25-26(14)17/h4-7,9-10,23H,8H2,1-3H3. The zero-order valence-electron chi connectivity index (χ0n) is 15.4. The van der Waals surface area contributed by atoms with Crippen molar-refractivity contribution < 1.29 is 22.7 Å². The number of carbonyl (C=O) groups is 1. The quantitative estimate of drug-likeness (QED) is 0.668. The number of nitrogens with one attached hydrogen (secondary N) is 1. The third-order valence-corrected chi connectivity index (χ3v) is 4.07. The molecule has 0 amide bonds. The lowest BCUT2D eigenvalue weighted by Gasteiger charge is -2.11. The fourth-order valence-electron chi connectivity index (χ4n) is 2.71. The van der Waals surface area contributed by atoms with Gasteiger partial charge >= 0.3 is 12.1 Å². The second-order valence-electron chi connectivity index (χ2n) is 6.38. The topological polar surface area (TPSA) is 81.4 Å². The SMILES string of the molecule is COC(=O)C(C)Cc1ccc(Nc2cc(C)nc3nc(C(F)(F)F)nn23)cc1. The highest BCUT2D eigenvalue weighted by atomic mass is 19.4. The molecule has 0 saturated heterocycles. The summed E-state index contributed by atoms with van der Waals surface area (Å²) in [5.74, 6) is -1.65. The Kier molecular flexibility index (Phi) is 5.21. The molecule has 7 nitrogen and oxygen atoms in total. The first kappa shape index (κ1) is 19.6. The number of esters is 1. The Morgan fingerprint density at radius 2 is 1.93 bits per heavy atom. The summed E-state index contributed by atoms with van der Waals surface area (Å²) in [6.07, 6.45) is -4.14. The van der Waals surface area contributed by atoms with Crippen molar-refractivity contribution in [3.05, 3.63) is 47.4 Å². The first-order valence-corrected chi connectivity index (χ1v) is 8.43. The number of alkyl halides is 3. The molecule has 3 rings (SSSR count). The second kappa shape index (κ2) is 7.45. The van der Waals surface area contributed by atoms with Crippen LogP contribution < -0.4 is 5.32 Å². The van der Waals surface area contributed by atoms with Gasteiger partial charge in [-0.25, -0.2) is 4.98 Å². The molecule has 1 atom stereocenters. The summed E-state index contributed by atoms with van der Waals surface area (Å²) >= 11 is 0. The van der Waals surface area contributed by atoms with Crippen LogP contribution in [0.5, 0.6) is 0 Å². The van der Waals surface area contributed by atoms with E-state index in [1.54, 1.807) is 32.0 Å². The Morgan fingerprint density at radius 3 is 2.54 bits per heavy atom. The van der Waals surface area contributed by atoms with Crippen LogP contribution in [0, 0.1) is 12.8 Å². The third kappa shape index (κ3) is 4.21. The van der Waals surface area contributed by atoms with Crippen molar-refractivity contribution in [3.8, 4) is 0 Å². The van der Waals surface area contributed by atoms with Gasteiger partial charge in [0.2, 0.25) is 0 Å². The van der Waals surface area contributed by atoms with E-state index in [1.807, 2.05) is 12.1 Å². The number of nitrogens with zero attached hydrogens (tertiary/aromatic N) is 4. The van der Waals surface area contributed by atoms with Crippen LogP contribution in [0.15, 0.2) is 30.3 Å². The minimum atomic E-state index is -4.66. The highest BCUT2D eigenvalue weighted by Crippen LogP contribution is 2.27. The van der Waals surface area contributed by atoms with Crippen LogP contribution in [-0.4, -0.2) is 32.7 Å². The van der Waals surface area contributed by atoms with E-state index in [2.05, 4.69) is 20.4 Å². The van der Waals surface area contributed by atoms with Crippen LogP contribution >= 0.6 is 0 Å². The molecule has 10 heteroatoms. The summed E-state index contributed by atoms with van der Waals surface area (Å²) in [4.78, 5) is 19.0. The Hall–Kier alpha value is -3.17. The number of anilines is 2. The van der Waals surface area contributed by atoms with E-state index in [1.165, 1.54) is 7.11 Å². The number of aromatic nitrogens is 4. The number of rotatable bonds is 5. The first-order valence-electron chi connectivity index (χ1n) is 8.43. The minimum absolute atomic E-state index is 0.140. The Bertz CT molecular complexity index is 999. The van der Waals surface area contributed by atoms with Gasteiger partial charge in [0.05, 0.1) is 13.0 Å². The number of methoxy groups -OCH3 is 1. The lowest BCUT2D eigenvalue weighted by molar-refractivity contribution is -0.145. The fraction of sp³-hybridized carbons (Fsp3) is 0.333. The normalized spacial score (nSPS) is 12.8. The fourth-order valence-corrected chi connectivity index (χ4v) is 2.71. The van der Waals surface area contributed by atoms with Crippen LogP contribution in [0.4, 0.5) is 24.7 Å². The smallest absolute Gasteiger partial charge is 0.453 e. The third-order valence-electron chi connectivity index (χ3n) is 4.07. The monoisotopic (exact) mass is 393 g/mol. The van der Waals surface area contributed by atoms with E-state index in [-0.39, 0.29) is 17.7 Å². The number of benzene rings is 1. The largest absolute Gasteiger partial charge is 0.469 e. The van der Waals surface area contributed by atoms with Gasteiger partial charge in [-0.3, -0.25) is 4.79 Å². The van der Waals surface area contributed by atoms with Gasteiger partial charge in [0, 0.05) is 17.4 Å². The number of aryl methyl sites for hydroxylation is 1. The Labute approximate surface area is 158 Å². The molecule has 28 heavy (non-hydrogen) atoms. The van der Waals surface area contributed by atoms with Crippen molar-refractivity contribution in [1.82, 2.24) is 19.6 Å². The van der Waals surface area contributed by atoms with E-state index >= 15 is 0 Å². The van der Waals surface area contributed by atoms with Crippen LogP contribution in [0.1, 0.15) is 24.0 Å². The molecule has 0 aliphatic heterocycles. The predicted molar refractivity (Wildman–Crippen MR) is 95.1 cm³/mol. The number of fused-ring (bicyclic) bond motifs is 1. The van der Waals surface area contributed by atoms with Crippen LogP contribution in [0.3, 0.4) is 0 Å². The molecule has 1 unspecified atom stereocenters. The number of hydrogen-bond donors (Lipinski definition) is 1. The summed E-state index contributed by atoms with van der Waals surface area (Å²) in [7, 11) is 1.34. The van der Waals surface area contributed by atoms with Crippen molar-refractivity contribution >= 4 is 23.3 Å². The maximum absolute atomic E-state index is 12.9. The van der Waals surface area contributed by atoms with E-state index < -0.39 is 12.0 Å². The highest BCUT2D eigenvalue weighted by Gasteiger charge is 2.36. The number of ether oxygens (including phenoxy) is 1. The molecule has 0 aliphatic rings. The molecule has 0 fully saturated rings. The lowest BCUT2D eigenvalue weighted by Crippen LogP contribution is -2.15. The van der Waals surface area contributed by atoms with Crippen LogP contribution in [-0.2, 0) is 22.1 Å². The molecule has 0 aliphatic carbocycles. The molecule has 0 saturated carbocycles. The lowest BCUT2D eigenvalue weighted by atomic mass is 10.0. The summed E-state index contributed by atoms with van der Waals surface area (Å²) in [6.45, 7) is 3.43. The average molecular weight is 393 g/mol. The molecule has 3 aromatic rings. The molecule has 2 aromatic heterocycles. The Balaban J connectivity index is 1.84. The van der Waals surface area contributed by atoms with Gasteiger partial charge in [0.25, 0.3) is 11.6 Å². The van der Waals surface area contributed by atoms with E-state index in [0.29, 0.717) is 23.6 Å². The van der Waals surface area contributed by atoms with Crippen molar-refractivity contribution in [1.29, 1.82) is 0 Å². The van der Waals surface area contributed by atoms with Gasteiger partial charge in [-0.05, 0) is 31.0 Å². The zero-order valence-corrected chi connectivity index (χ0v) is 15.4. The molecule has 2 heterocycles. The van der Waals surface area contributed by atoms with Crippen molar-refractivity contribution in [2.24, 2.45) is 5.92 Å². The average Bonchev–Trinajstić information content (AvgIpc) is 3.07. The van der Waals surface area contributed by atoms with Gasteiger partial charge in [0.1, 0.15) is 5.82 Å².